The molecule has 5 rings (SSSR count). The lowest BCUT2D eigenvalue weighted by Crippen LogP contribution is -2.46. The van der Waals surface area contributed by atoms with Crippen LogP contribution < -0.4 is 14.4 Å². The molecule has 0 unspecified atom stereocenters. The summed E-state index contributed by atoms with van der Waals surface area (Å²) in [5.41, 5.74) is 3.41. The third-order valence-electron chi connectivity index (χ3n) is 6.69. The minimum atomic E-state index is -0.246. The van der Waals surface area contributed by atoms with Crippen LogP contribution in [0.3, 0.4) is 0 Å². The van der Waals surface area contributed by atoms with Crippen LogP contribution >= 0.6 is 23.2 Å². The van der Waals surface area contributed by atoms with Crippen LogP contribution in [-0.4, -0.2) is 49.1 Å². The number of ketones is 1. The van der Waals surface area contributed by atoms with Gasteiger partial charge in [-0.2, -0.15) is 0 Å². The molecule has 186 valence electrons. The van der Waals surface area contributed by atoms with Crippen LogP contribution in [-0.2, 0) is 6.54 Å². The Kier molecular flexibility index (Phi) is 6.84. The summed E-state index contributed by atoms with van der Waals surface area (Å²) in [4.78, 5) is 17.8. The maximum Gasteiger partial charge on any atom is 0.232 e. The third-order valence-corrected chi connectivity index (χ3v) is 7.35. The summed E-state index contributed by atoms with van der Waals surface area (Å²) < 4.78 is 11.3. The Labute approximate surface area is 220 Å². The van der Waals surface area contributed by atoms with Crippen LogP contribution in [0.4, 0.5) is 5.69 Å². The Balaban J connectivity index is 1.36. The number of ether oxygens (including phenoxy) is 2. The van der Waals surface area contributed by atoms with E-state index >= 15 is 0 Å². The molecule has 2 aliphatic heterocycles. The number of fused-ring (bicyclic) bond motifs is 1. The van der Waals surface area contributed by atoms with E-state index in [0.717, 1.165) is 37.6 Å². The highest BCUT2D eigenvalue weighted by molar-refractivity contribution is 6.37. The molecule has 0 bridgehead atoms. The number of benzene rings is 3. The van der Waals surface area contributed by atoms with Gasteiger partial charge < -0.3 is 19.5 Å². The monoisotopic (exact) mass is 524 g/mol. The number of nitrogens with zero attached hydrogens (tertiary/aromatic N) is 2. The van der Waals surface area contributed by atoms with Gasteiger partial charge >= 0.3 is 0 Å². The van der Waals surface area contributed by atoms with Crippen molar-refractivity contribution in [2.75, 3.05) is 38.2 Å². The van der Waals surface area contributed by atoms with Crippen molar-refractivity contribution in [2.24, 2.45) is 0 Å². The van der Waals surface area contributed by atoms with Crippen LogP contribution in [0.5, 0.6) is 17.2 Å². The fourth-order valence-electron chi connectivity index (χ4n) is 4.69. The summed E-state index contributed by atoms with van der Waals surface area (Å²) in [6.07, 6.45) is 1.57. The van der Waals surface area contributed by atoms with E-state index in [1.165, 1.54) is 0 Å². The molecule has 0 aromatic heterocycles. The van der Waals surface area contributed by atoms with Gasteiger partial charge in [0.05, 0.1) is 18.2 Å². The first-order valence-corrected chi connectivity index (χ1v) is 12.5. The molecule has 2 aliphatic rings. The van der Waals surface area contributed by atoms with E-state index in [1.807, 2.05) is 12.1 Å². The lowest BCUT2D eigenvalue weighted by Gasteiger charge is -2.36. The van der Waals surface area contributed by atoms with Crippen LogP contribution in [0.1, 0.15) is 27.0 Å². The van der Waals surface area contributed by atoms with Crippen molar-refractivity contribution in [1.82, 2.24) is 4.90 Å². The molecule has 2 heterocycles. The highest BCUT2D eigenvalue weighted by atomic mass is 35.5. The van der Waals surface area contributed by atoms with Gasteiger partial charge in [-0.1, -0.05) is 29.3 Å². The lowest BCUT2D eigenvalue weighted by molar-refractivity contribution is 0.101. The average Bonchev–Trinajstić information content (AvgIpc) is 3.20. The number of hydrogen-bond acceptors (Lipinski definition) is 6. The molecule has 8 heteroatoms. The molecule has 1 N–H and O–H groups in total. The van der Waals surface area contributed by atoms with Crippen molar-refractivity contribution in [3.8, 4) is 17.2 Å². The Bertz CT molecular complexity index is 1330. The Morgan fingerprint density at radius 3 is 2.36 bits per heavy atom. The summed E-state index contributed by atoms with van der Waals surface area (Å²) in [6.45, 7) is 5.56. The predicted molar refractivity (Wildman–Crippen MR) is 143 cm³/mol. The molecule has 1 fully saturated rings. The average molecular weight is 525 g/mol. The first kappa shape index (κ1) is 24.5. The van der Waals surface area contributed by atoms with Crippen molar-refractivity contribution in [3.63, 3.8) is 0 Å². The van der Waals surface area contributed by atoms with Gasteiger partial charge in [-0.3, -0.25) is 9.69 Å². The summed E-state index contributed by atoms with van der Waals surface area (Å²) in [5.74, 6) is 1.25. The van der Waals surface area contributed by atoms with Crippen LogP contribution in [0.25, 0.3) is 6.08 Å². The van der Waals surface area contributed by atoms with Gasteiger partial charge in [0.15, 0.2) is 5.76 Å². The summed E-state index contributed by atoms with van der Waals surface area (Å²) in [5, 5.41) is 11.7. The quantitative estimate of drug-likeness (QED) is 0.416. The molecular weight excluding hydrogens is 499 g/mol. The number of hydrogen-bond donors (Lipinski definition) is 1. The zero-order valence-corrected chi connectivity index (χ0v) is 21.6. The number of piperazine rings is 1. The van der Waals surface area contributed by atoms with E-state index in [4.69, 9.17) is 32.7 Å². The fourth-order valence-corrected chi connectivity index (χ4v) is 5.20. The number of methoxy groups -OCH3 is 1. The second kappa shape index (κ2) is 10.1. The molecule has 3 aromatic carbocycles. The second-order valence-corrected chi connectivity index (χ2v) is 9.75. The molecule has 0 atom stereocenters. The van der Waals surface area contributed by atoms with Crippen LogP contribution in [0, 0.1) is 6.92 Å². The maximum atomic E-state index is 13.3. The van der Waals surface area contributed by atoms with E-state index < -0.39 is 0 Å². The fraction of sp³-hybridized carbons (Fsp3) is 0.250. The number of aryl methyl sites for hydroxylation is 1. The highest BCUT2D eigenvalue weighted by Gasteiger charge is 2.34. The molecule has 36 heavy (non-hydrogen) atoms. The van der Waals surface area contributed by atoms with E-state index in [-0.39, 0.29) is 17.3 Å². The second-order valence-electron chi connectivity index (χ2n) is 8.93. The van der Waals surface area contributed by atoms with Crippen molar-refractivity contribution < 1.29 is 19.4 Å². The molecule has 0 saturated carbocycles. The summed E-state index contributed by atoms with van der Waals surface area (Å²) in [7, 11) is 1.66. The minimum Gasteiger partial charge on any atom is -0.507 e. The predicted octanol–water partition coefficient (Wildman–Crippen LogP) is 5.95. The SMILES string of the molecule is COc1ccc(N2CCN(Cc3c(O)cc(C)c4c3O/C(=C\c3c(Cl)cccc3Cl)C4=O)CC2)cc1. The topological polar surface area (TPSA) is 62.2 Å². The molecule has 0 spiro atoms. The van der Waals surface area contributed by atoms with Gasteiger partial charge in [-0.25, -0.2) is 0 Å². The smallest absolute Gasteiger partial charge is 0.232 e. The summed E-state index contributed by atoms with van der Waals surface area (Å²) >= 11 is 12.6. The number of phenolic OH excluding ortho intramolecular Hbond substituents is 1. The molecule has 0 amide bonds. The maximum absolute atomic E-state index is 13.3. The number of Topliss-reactive ketones (excluding diaryl/α,β-unsaturated/α-hetero) is 1. The van der Waals surface area contributed by atoms with E-state index in [1.54, 1.807) is 44.4 Å². The van der Waals surface area contributed by atoms with Crippen LogP contribution in [0.2, 0.25) is 10.0 Å². The molecular formula is C28H26Cl2N2O4. The summed E-state index contributed by atoms with van der Waals surface area (Å²) in [6, 6.07) is 14.8. The van der Waals surface area contributed by atoms with Gasteiger partial charge in [-0.05, 0) is 61.0 Å². The Hall–Kier alpha value is -3.19. The van der Waals surface area contributed by atoms with Gasteiger partial charge in [0.25, 0.3) is 0 Å². The van der Waals surface area contributed by atoms with Crippen molar-refractivity contribution in [3.05, 3.63) is 86.6 Å². The first-order chi connectivity index (χ1) is 17.4. The minimum absolute atomic E-state index is 0.119. The van der Waals surface area contributed by atoms with Crippen molar-refractivity contribution in [2.45, 2.75) is 13.5 Å². The number of anilines is 1. The Morgan fingerprint density at radius 2 is 1.72 bits per heavy atom. The van der Waals surface area contributed by atoms with E-state index in [2.05, 4.69) is 21.9 Å². The normalized spacial score (nSPS) is 16.8. The van der Waals surface area contributed by atoms with Crippen LogP contribution in [0.15, 0.2) is 54.3 Å². The Morgan fingerprint density at radius 1 is 1.06 bits per heavy atom. The zero-order chi connectivity index (χ0) is 25.4. The van der Waals surface area contributed by atoms with Crippen molar-refractivity contribution in [1.29, 1.82) is 0 Å². The molecule has 1 saturated heterocycles. The zero-order valence-electron chi connectivity index (χ0n) is 20.1. The van der Waals surface area contributed by atoms with Gasteiger partial charge in [0, 0.05) is 54.0 Å². The number of phenols is 1. The van der Waals surface area contributed by atoms with E-state index in [0.29, 0.717) is 44.6 Å². The third kappa shape index (κ3) is 4.64. The van der Waals surface area contributed by atoms with Crippen molar-refractivity contribution >= 4 is 40.7 Å². The van der Waals surface area contributed by atoms with Gasteiger partial charge in [0.2, 0.25) is 5.78 Å². The molecule has 0 radical (unpaired) electrons. The number of carbonyl (C=O) groups is 1. The largest absolute Gasteiger partial charge is 0.507 e. The number of carbonyl (C=O) groups excluding carboxylic acids is 1. The lowest BCUT2D eigenvalue weighted by atomic mass is 9.99. The van der Waals surface area contributed by atoms with Gasteiger partial charge in [-0.15, -0.1) is 0 Å². The van der Waals surface area contributed by atoms with Gasteiger partial charge in [0.1, 0.15) is 17.2 Å². The first-order valence-electron chi connectivity index (χ1n) is 11.7. The molecule has 3 aromatic rings. The molecule has 0 aliphatic carbocycles. The highest BCUT2D eigenvalue weighted by Crippen LogP contribution is 2.43. The number of allylic oxidation sites excluding steroid dienone is 1. The molecule has 6 nitrogen and oxygen atoms in total. The number of rotatable bonds is 5. The standard InChI is InChI=1S/C28H26Cl2N2O4/c1-17-14-24(33)21(16-31-10-12-32(13-11-31)18-6-8-19(35-2)9-7-18)28-26(17)27(34)25(36-28)15-20-22(29)4-3-5-23(20)30/h3-9,14-15,33H,10-13,16H2,1-2H3/b25-15-. The number of halogens is 2. The number of aromatic hydroxyl groups is 1. The van der Waals surface area contributed by atoms with E-state index in [9.17, 15) is 9.90 Å².